The molecule has 1 aromatic heterocycles. The van der Waals surface area contributed by atoms with Crippen molar-refractivity contribution >= 4 is 28.5 Å². The van der Waals surface area contributed by atoms with Crippen LogP contribution in [0.5, 0.6) is 5.75 Å². The van der Waals surface area contributed by atoms with Gasteiger partial charge in [-0.3, -0.25) is 9.59 Å². The first-order valence-electron chi connectivity index (χ1n) is 9.71. The molecule has 7 heteroatoms. The Balaban J connectivity index is 1.71. The van der Waals surface area contributed by atoms with Gasteiger partial charge in [0.1, 0.15) is 17.6 Å². The van der Waals surface area contributed by atoms with Gasteiger partial charge in [0.2, 0.25) is 5.91 Å². The average molecular weight is 393 g/mol. The summed E-state index contributed by atoms with van der Waals surface area (Å²) in [6.07, 6.45) is 2.16. The Morgan fingerprint density at radius 2 is 1.86 bits per heavy atom. The van der Waals surface area contributed by atoms with Crippen molar-refractivity contribution in [2.75, 3.05) is 18.6 Å². The van der Waals surface area contributed by atoms with E-state index in [0.717, 1.165) is 23.3 Å². The zero-order valence-electron chi connectivity index (χ0n) is 16.2. The first-order valence-corrected chi connectivity index (χ1v) is 9.71. The quantitative estimate of drug-likeness (QED) is 0.493. The number of nitrogens with zero attached hydrogens (tertiary/aromatic N) is 3. The van der Waals surface area contributed by atoms with Gasteiger partial charge in [-0.2, -0.15) is 0 Å². The zero-order valence-corrected chi connectivity index (χ0v) is 16.2. The Morgan fingerprint density at radius 3 is 2.59 bits per heavy atom. The number of amides is 2. The highest BCUT2D eigenvalue weighted by Crippen LogP contribution is 2.34. The maximum Gasteiger partial charge on any atom is 0.257 e. The number of hydrogen-bond acceptors (Lipinski definition) is 5. The second-order valence-electron chi connectivity index (χ2n) is 7.05. The number of carbonyl (C=O) groups excluding carboxylic acids is 2. The van der Waals surface area contributed by atoms with Crippen LogP contribution in [0.15, 0.2) is 48.5 Å². The minimum atomic E-state index is -0.624. The lowest BCUT2D eigenvalue weighted by Crippen LogP contribution is -2.31. The van der Waals surface area contributed by atoms with Crippen molar-refractivity contribution < 1.29 is 19.4 Å². The van der Waals surface area contributed by atoms with E-state index in [1.54, 1.807) is 31.4 Å². The molecule has 0 unspecified atom stereocenters. The number of rotatable bonds is 7. The molecule has 0 aliphatic carbocycles. The molecule has 1 aliphatic rings. The standard InChI is InChI=1S/C22H23N3O4/c1-29-16-11-9-15(10-12-16)24-21(27)14-19(22(24)28)25-18-7-3-2-6-17(18)23-20(25)8-4-5-13-26/h2-3,6-7,9-12,19,26H,4-5,8,13-14H2,1H3/t19-/m1/s1. The number of benzene rings is 2. The summed E-state index contributed by atoms with van der Waals surface area (Å²) in [5, 5.41) is 9.10. The molecular weight excluding hydrogens is 370 g/mol. The first-order chi connectivity index (χ1) is 14.1. The van der Waals surface area contributed by atoms with Gasteiger partial charge in [0.05, 0.1) is 30.3 Å². The van der Waals surface area contributed by atoms with E-state index in [4.69, 9.17) is 14.8 Å². The van der Waals surface area contributed by atoms with E-state index >= 15 is 0 Å². The SMILES string of the molecule is COc1ccc(N2C(=O)C[C@@H](n3c(CCCCO)nc4ccccc43)C2=O)cc1. The minimum absolute atomic E-state index is 0.0955. The van der Waals surface area contributed by atoms with Crippen LogP contribution in [0.4, 0.5) is 5.69 Å². The van der Waals surface area contributed by atoms with Crippen LogP contribution in [0.25, 0.3) is 11.0 Å². The van der Waals surface area contributed by atoms with Crippen molar-refractivity contribution in [2.24, 2.45) is 0 Å². The Labute approximate surface area is 168 Å². The van der Waals surface area contributed by atoms with Gasteiger partial charge < -0.3 is 14.4 Å². The van der Waals surface area contributed by atoms with Crippen LogP contribution >= 0.6 is 0 Å². The van der Waals surface area contributed by atoms with Crippen molar-refractivity contribution in [1.29, 1.82) is 0 Å². The molecular formula is C22H23N3O4. The second kappa shape index (κ2) is 8.05. The van der Waals surface area contributed by atoms with Gasteiger partial charge in [-0.25, -0.2) is 9.88 Å². The number of imidazole rings is 1. The van der Waals surface area contributed by atoms with Crippen molar-refractivity contribution in [3.8, 4) is 5.75 Å². The van der Waals surface area contributed by atoms with Gasteiger partial charge in [0, 0.05) is 13.0 Å². The minimum Gasteiger partial charge on any atom is -0.497 e. The molecule has 1 atom stereocenters. The van der Waals surface area contributed by atoms with Crippen LogP contribution in [-0.4, -0.2) is 40.2 Å². The predicted molar refractivity (Wildman–Crippen MR) is 109 cm³/mol. The monoisotopic (exact) mass is 393 g/mol. The van der Waals surface area contributed by atoms with Gasteiger partial charge in [0.25, 0.3) is 5.91 Å². The maximum atomic E-state index is 13.3. The molecule has 0 saturated carbocycles. The van der Waals surface area contributed by atoms with Crippen LogP contribution in [0.1, 0.15) is 31.1 Å². The normalized spacial score (nSPS) is 16.8. The molecule has 29 heavy (non-hydrogen) atoms. The third-order valence-corrected chi connectivity index (χ3v) is 5.24. The summed E-state index contributed by atoms with van der Waals surface area (Å²) >= 11 is 0. The Hall–Kier alpha value is -3.19. The van der Waals surface area contributed by atoms with Crippen LogP contribution in [0, 0.1) is 0 Å². The number of unbranched alkanes of at least 4 members (excludes halogenated alkanes) is 1. The van der Waals surface area contributed by atoms with Crippen molar-refractivity contribution in [3.63, 3.8) is 0 Å². The molecule has 2 heterocycles. The molecule has 150 valence electrons. The number of aromatic nitrogens is 2. The second-order valence-corrected chi connectivity index (χ2v) is 7.05. The summed E-state index contributed by atoms with van der Waals surface area (Å²) in [4.78, 5) is 32.0. The van der Waals surface area contributed by atoms with E-state index in [-0.39, 0.29) is 24.8 Å². The Kier molecular flexibility index (Phi) is 5.31. The molecule has 0 spiro atoms. The zero-order chi connectivity index (χ0) is 20.4. The van der Waals surface area contributed by atoms with Gasteiger partial charge in [0.15, 0.2) is 0 Å². The van der Waals surface area contributed by atoms with Crippen LogP contribution in [0.2, 0.25) is 0 Å². The summed E-state index contributed by atoms with van der Waals surface area (Å²) in [5.41, 5.74) is 2.18. The topological polar surface area (TPSA) is 84.7 Å². The molecule has 1 fully saturated rings. The van der Waals surface area contributed by atoms with Crippen molar-refractivity contribution in [2.45, 2.75) is 31.7 Å². The third kappa shape index (κ3) is 3.49. The molecule has 0 radical (unpaired) electrons. The fourth-order valence-electron chi connectivity index (χ4n) is 3.83. The van der Waals surface area contributed by atoms with Gasteiger partial charge in [-0.1, -0.05) is 12.1 Å². The van der Waals surface area contributed by atoms with Gasteiger partial charge in [-0.05, 0) is 49.2 Å². The number of aliphatic hydroxyl groups excluding tert-OH is 1. The van der Waals surface area contributed by atoms with E-state index in [9.17, 15) is 9.59 Å². The number of para-hydroxylation sites is 2. The molecule has 1 saturated heterocycles. The molecule has 2 amide bonds. The molecule has 7 nitrogen and oxygen atoms in total. The van der Waals surface area contributed by atoms with Crippen molar-refractivity contribution in [3.05, 3.63) is 54.4 Å². The number of anilines is 1. The molecule has 1 N–H and O–H groups in total. The number of hydrogen-bond donors (Lipinski definition) is 1. The lowest BCUT2D eigenvalue weighted by Gasteiger charge is -2.18. The van der Waals surface area contributed by atoms with Crippen LogP contribution in [0.3, 0.4) is 0 Å². The van der Waals surface area contributed by atoms with E-state index in [2.05, 4.69) is 0 Å². The predicted octanol–water partition coefficient (Wildman–Crippen LogP) is 2.86. The molecule has 4 rings (SSSR count). The summed E-state index contributed by atoms with van der Waals surface area (Å²) in [6, 6.07) is 13.9. The molecule has 3 aromatic rings. The molecule has 1 aliphatic heterocycles. The number of ether oxygens (including phenoxy) is 1. The lowest BCUT2D eigenvalue weighted by atomic mass is 10.2. The van der Waals surface area contributed by atoms with Gasteiger partial charge in [-0.15, -0.1) is 0 Å². The highest BCUT2D eigenvalue weighted by molar-refractivity contribution is 6.22. The average Bonchev–Trinajstić information content (AvgIpc) is 3.24. The summed E-state index contributed by atoms with van der Waals surface area (Å²) in [5.74, 6) is 0.939. The lowest BCUT2D eigenvalue weighted by molar-refractivity contribution is -0.122. The summed E-state index contributed by atoms with van der Waals surface area (Å²) in [7, 11) is 1.57. The van der Waals surface area contributed by atoms with Crippen LogP contribution in [-0.2, 0) is 16.0 Å². The Bertz CT molecular complexity index is 1040. The molecule has 2 aromatic carbocycles. The smallest absolute Gasteiger partial charge is 0.257 e. The third-order valence-electron chi connectivity index (χ3n) is 5.24. The van der Waals surface area contributed by atoms with E-state index in [0.29, 0.717) is 24.3 Å². The van der Waals surface area contributed by atoms with Gasteiger partial charge >= 0.3 is 0 Å². The van der Waals surface area contributed by atoms with E-state index in [1.165, 1.54) is 4.90 Å². The summed E-state index contributed by atoms with van der Waals surface area (Å²) < 4.78 is 7.06. The first kappa shape index (κ1) is 19.1. The Morgan fingerprint density at radius 1 is 1.10 bits per heavy atom. The number of imide groups is 1. The number of methoxy groups -OCH3 is 1. The number of aliphatic hydroxyl groups is 1. The molecule has 0 bridgehead atoms. The van der Waals surface area contributed by atoms with E-state index < -0.39 is 6.04 Å². The largest absolute Gasteiger partial charge is 0.497 e. The fourth-order valence-corrected chi connectivity index (χ4v) is 3.83. The highest BCUT2D eigenvalue weighted by Gasteiger charge is 2.42. The number of aryl methyl sites for hydroxylation is 1. The van der Waals surface area contributed by atoms with Crippen LogP contribution < -0.4 is 9.64 Å². The number of fused-ring (bicyclic) bond motifs is 1. The summed E-state index contributed by atoms with van der Waals surface area (Å²) in [6.45, 7) is 0.117. The maximum absolute atomic E-state index is 13.3. The number of carbonyl (C=O) groups is 2. The van der Waals surface area contributed by atoms with Crippen molar-refractivity contribution in [1.82, 2.24) is 9.55 Å². The van der Waals surface area contributed by atoms with E-state index in [1.807, 2.05) is 28.8 Å². The fraction of sp³-hybridized carbons (Fsp3) is 0.318. The highest BCUT2D eigenvalue weighted by atomic mass is 16.5.